The average Bonchev–Trinajstić information content (AvgIpc) is 3.10. The molecule has 140 valence electrons. The van der Waals surface area contributed by atoms with Gasteiger partial charge in [-0.1, -0.05) is 32.9 Å². The minimum absolute atomic E-state index is 0.231. The standard InChI is InChI=1S/C19H26N4O3/c1-5-19(2,3)16(17(24)25)23-11-10-22(18(23)26)12-15-20-13-8-6-7-9-14(13)21(15)4/h6-9,16H,5,10-12H2,1-4H3,(H,24,25)/t16-/m1/s1. The number of carboxylic acids is 1. The molecule has 2 heterocycles. The summed E-state index contributed by atoms with van der Waals surface area (Å²) in [6, 6.07) is 6.78. The van der Waals surface area contributed by atoms with Crippen LogP contribution in [0.25, 0.3) is 11.0 Å². The minimum atomic E-state index is -0.949. The van der Waals surface area contributed by atoms with Gasteiger partial charge in [0.2, 0.25) is 0 Å². The van der Waals surface area contributed by atoms with Crippen molar-refractivity contribution in [1.29, 1.82) is 0 Å². The van der Waals surface area contributed by atoms with Crippen LogP contribution in [-0.4, -0.2) is 55.6 Å². The van der Waals surface area contributed by atoms with E-state index < -0.39 is 17.4 Å². The van der Waals surface area contributed by atoms with Crippen molar-refractivity contribution in [3.63, 3.8) is 0 Å². The summed E-state index contributed by atoms with van der Waals surface area (Å²) in [5.41, 5.74) is 1.42. The molecule has 0 saturated carbocycles. The van der Waals surface area contributed by atoms with E-state index in [1.54, 1.807) is 4.90 Å². The second-order valence-electron chi connectivity index (χ2n) is 7.56. The zero-order valence-electron chi connectivity index (χ0n) is 15.8. The summed E-state index contributed by atoms with van der Waals surface area (Å²) in [5.74, 6) is -0.155. The molecule has 1 atom stereocenters. The highest BCUT2D eigenvalue weighted by Gasteiger charge is 2.44. The van der Waals surface area contributed by atoms with E-state index in [0.717, 1.165) is 16.9 Å². The van der Waals surface area contributed by atoms with Gasteiger partial charge < -0.3 is 19.5 Å². The Morgan fingerprint density at radius 1 is 1.31 bits per heavy atom. The first-order valence-corrected chi connectivity index (χ1v) is 8.95. The summed E-state index contributed by atoms with van der Waals surface area (Å²) in [5, 5.41) is 9.70. The summed E-state index contributed by atoms with van der Waals surface area (Å²) in [6.45, 7) is 7.04. The Labute approximate surface area is 153 Å². The number of hydrogen-bond donors (Lipinski definition) is 1. The Morgan fingerprint density at radius 3 is 2.62 bits per heavy atom. The van der Waals surface area contributed by atoms with Crippen molar-refractivity contribution in [2.24, 2.45) is 12.5 Å². The van der Waals surface area contributed by atoms with Crippen molar-refractivity contribution in [3.05, 3.63) is 30.1 Å². The molecule has 1 fully saturated rings. The molecule has 2 aromatic rings. The van der Waals surface area contributed by atoms with Gasteiger partial charge in [-0.2, -0.15) is 0 Å². The molecule has 0 bridgehead atoms. The third-order valence-electron chi connectivity index (χ3n) is 5.54. The van der Waals surface area contributed by atoms with Crippen LogP contribution >= 0.6 is 0 Å². The molecule has 0 aliphatic carbocycles. The number of aliphatic carboxylic acids is 1. The molecule has 0 unspecified atom stereocenters. The number of carboxylic acid groups (broad SMARTS) is 1. The largest absolute Gasteiger partial charge is 0.480 e. The number of benzene rings is 1. The fourth-order valence-electron chi connectivity index (χ4n) is 3.58. The number of para-hydroxylation sites is 2. The van der Waals surface area contributed by atoms with Crippen molar-refractivity contribution in [2.45, 2.75) is 39.8 Å². The molecule has 1 aromatic heterocycles. The van der Waals surface area contributed by atoms with Crippen LogP contribution in [0.2, 0.25) is 0 Å². The second-order valence-corrected chi connectivity index (χ2v) is 7.56. The van der Waals surface area contributed by atoms with Gasteiger partial charge in [0.1, 0.15) is 11.9 Å². The molecule has 2 amide bonds. The molecule has 1 saturated heterocycles. The van der Waals surface area contributed by atoms with Crippen LogP contribution in [0.4, 0.5) is 4.79 Å². The minimum Gasteiger partial charge on any atom is -0.480 e. The predicted octanol–water partition coefficient (Wildman–Crippen LogP) is 2.70. The van der Waals surface area contributed by atoms with E-state index in [4.69, 9.17) is 0 Å². The Morgan fingerprint density at radius 2 is 2.00 bits per heavy atom. The van der Waals surface area contributed by atoms with Crippen molar-refractivity contribution in [2.75, 3.05) is 13.1 Å². The molecular formula is C19H26N4O3. The van der Waals surface area contributed by atoms with Gasteiger partial charge in [-0.05, 0) is 24.0 Å². The zero-order valence-corrected chi connectivity index (χ0v) is 15.8. The fourth-order valence-corrected chi connectivity index (χ4v) is 3.58. The lowest BCUT2D eigenvalue weighted by molar-refractivity contribution is -0.146. The summed E-state index contributed by atoms with van der Waals surface area (Å²) in [6.07, 6.45) is 0.679. The fraction of sp³-hybridized carbons (Fsp3) is 0.526. The van der Waals surface area contributed by atoms with Crippen LogP contribution in [0.5, 0.6) is 0 Å². The van der Waals surface area contributed by atoms with Gasteiger partial charge in [-0.3, -0.25) is 0 Å². The highest BCUT2D eigenvalue weighted by Crippen LogP contribution is 2.32. The van der Waals surface area contributed by atoms with Crippen LogP contribution in [0.15, 0.2) is 24.3 Å². The summed E-state index contributed by atoms with van der Waals surface area (Å²) in [4.78, 5) is 32.5. The van der Waals surface area contributed by atoms with E-state index in [-0.39, 0.29) is 6.03 Å². The molecule has 26 heavy (non-hydrogen) atoms. The van der Waals surface area contributed by atoms with E-state index in [9.17, 15) is 14.7 Å². The maximum Gasteiger partial charge on any atom is 0.327 e. The molecule has 1 aliphatic heterocycles. The van der Waals surface area contributed by atoms with Gasteiger partial charge in [0.25, 0.3) is 0 Å². The first kappa shape index (κ1) is 18.2. The van der Waals surface area contributed by atoms with Crippen LogP contribution in [-0.2, 0) is 18.4 Å². The molecule has 0 spiro atoms. The van der Waals surface area contributed by atoms with Gasteiger partial charge in [0.05, 0.1) is 17.6 Å². The number of imidazole rings is 1. The molecule has 7 nitrogen and oxygen atoms in total. The van der Waals surface area contributed by atoms with Gasteiger partial charge in [0.15, 0.2) is 0 Å². The zero-order chi connectivity index (χ0) is 19.1. The Hall–Kier alpha value is -2.57. The smallest absolute Gasteiger partial charge is 0.327 e. The van der Waals surface area contributed by atoms with Crippen molar-refractivity contribution in [1.82, 2.24) is 19.4 Å². The first-order valence-electron chi connectivity index (χ1n) is 8.95. The number of hydrogen-bond acceptors (Lipinski definition) is 3. The highest BCUT2D eigenvalue weighted by atomic mass is 16.4. The van der Waals surface area contributed by atoms with Crippen LogP contribution < -0.4 is 0 Å². The molecule has 7 heteroatoms. The molecule has 1 aliphatic rings. The lowest BCUT2D eigenvalue weighted by atomic mass is 9.81. The third-order valence-corrected chi connectivity index (χ3v) is 5.54. The average molecular weight is 358 g/mol. The van der Waals surface area contributed by atoms with Gasteiger partial charge in [-0.15, -0.1) is 0 Å². The van der Waals surface area contributed by atoms with E-state index >= 15 is 0 Å². The van der Waals surface area contributed by atoms with Crippen molar-refractivity contribution < 1.29 is 14.7 Å². The lowest BCUT2D eigenvalue weighted by Crippen LogP contribution is -2.51. The monoisotopic (exact) mass is 358 g/mol. The van der Waals surface area contributed by atoms with Gasteiger partial charge in [0, 0.05) is 20.1 Å². The summed E-state index contributed by atoms with van der Waals surface area (Å²) in [7, 11) is 1.93. The second kappa shape index (κ2) is 6.63. The molecule has 1 aromatic carbocycles. The molecule has 0 radical (unpaired) electrons. The number of carbonyl (C=O) groups is 2. The Bertz CT molecular complexity index is 842. The topological polar surface area (TPSA) is 78.7 Å². The number of amides is 2. The van der Waals surface area contributed by atoms with E-state index in [2.05, 4.69) is 4.98 Å². The van der Waals surface area contributed by atoms with Crippen LogP contribution in [0, 0.1) is 5.41 Å². The Balaban J connectivity index is 1.82. The molecule has 3 rings (SSSR count). The molecular weight excluding hydrogens is 332 g/mol. The normalized spacial score (nSPS) is 16.5. The SMILES string of the molecule is CCC(C)(C)[C@@H](C(=O)O)N1CCN(Cc2nc3ccccc3n2C)C1=O. The number of rotatable bonds is 6. The quantitative estimate of drug-likeness (QED) is 0.861. The number of carbonyl (C=O) groups excluding carboxylic acids is 1. The Kier molecular flexibility index (Phi) is 4.64. The summed E-state index contributed by atoms with van der Waals surface area (Å²) >= 11 is 0. The van der Waals surface area contributed by atoms with Crippen molar-refractivity contribution in [3.8, 4) is 0 Å². The summed E-state index contributed by atoms with van der Waals surface area (Å²) < 4.78 is 1.98. The number of fused-ring (bicyclic) bond motifs is 1. The maximum absolute atomic E-state index is 12.9. The van der Waals surface area contributed by atoms with Crippen LogP contribution in [0.3, 0.4) is 0 Å². The van der Waals surface area contributed by atoms with E-state index in [1.165, 1.54) is 4.90 Å². The van der Waals surface area contributed by atoms with Gasteiger partial charge in [-0.25, -0.2) is 14.6 Å². The highest BCUT2D eigenvalue weighted by molar-refractivity contribution is 5.84. The molecule has 1 N–H and O–H groups in total. The predicted molar refractivity (Wildman–Crippen MR) is 98.7 cm³/mol. The maximum atomic E-state index is 12.9. The van der Waals surface area contributed by atoms with E-state index in [0.29, 0.717) is 26.1 Å². The third kappa shape index (κ3) is 3.02. The van der Waals surface area contributed by atoms with Crippen molar-refractivity contribution >= 4 is 23.0 Å². The number of nitrogens with zero attached hydrogens (tertiary/aromatic N) is 4. The number of aromatic nitrogens is 2. The van der Waals surface area contributed by atoms with Crippen LogP contribution in [0.1, 0.15) is 33.0 Å². The number of urea groups is 1. The number of aryl methyl sites for hydroxylation is 1. The first-order chi connectivity index (χ1) is 12.3. The van der Waals surface area contributed by atoms with E-state index in [1.807, 2.05) is 56.7 Å². The van der Waals surface area contributed by atoms with Gasteiger partial charge >= 0.3 is 12.0 Å². The lowest BCUT2D eigenvalue weighted by Gasteiger charge is -2.36.